The molecule has 0 unspecified atom stereocenters. The number of nitrogens with zero attached hydrogens (tertiary/aromatic N) is 2. The first-order valence-electron chi connectivity index (χ1n) is 5.73. The van der Waals surface area contributed by atoms with Gasteiger partial charge in [-0.15, -0.1) is 11.3 Å². The average Bonchev–Trinajstić information content (AvgIpc) is 2.78. The molecule has 2 heterocycles. The molecule has 0 fully saturated rings. The monoisotopic (exact) mass is 245 g/mol. The highest BCUT2D eigenvalue weighted by Gasteiger charge is 2.23. The van der Waals surface area contributed by atoms with Gasteiger partial charge in [-0.2, -0.15) is 0 Å². The number of benzene rings is 1. The Morgan fingerprint density at radius 1 is 1.35 bits per heavy atom. The van der Waals surface area contributed by atoms with Crippen molar-refractivity contribution in [2.45, 2.75) is 26.6 Å². The standard InChI is InChI=1S/C13H15N3S/c1-9-4-2-3-5-10(9)6-16-7-11-12(8-16)17-13(14)15-11/h2-5H,6-8H2,1H3,(H2,14,15). The molecule has 17 heavy (non-hydrogen) atoms. The van der Waals surface area contributed by atoms with Crippen molar-refractivity contribution in [2.75, 3.05) is 5.73 Å². The number of aryl methyl sites for hydroxylation is 1. The number of anilines is 1. The number of hydrogen-bond donors (Lipinski definition) is 1. The molecule has 1 aromatic carbocycles. The third-order valence-corrected chi connectivity index (χ3v) is 4.10. The summed E-state index contributed by atoms with van der Waals surface area (Å²) in [5, 5.41) is 0.700. The Morgan fingerprint density at radius 3 is 2.94 bits per heavy atom. The number of nitrogen functional groups attached to an aromatic ring is 1. The Labute approximate surface area is 105 Å². The lowest BCUT2D eigenvalue weighted by molar-refractivity contribution is 0.274. The van der Waals surface area contributed by atoms with Gasteiger partial charge in [0.25, 0.3) is 0 Å². The van der Waals surface area contributed by atoms with Crippen molar-refractivity contribution < 1.29 is 0 Å². The van der Waals surface area contributed by atoms with Gasteiger partial charge in [-0.05, 0) is 18.1 Å². The molecule has 0 amide bonds. The highest BCUT2D eigenvalue weighted by Crippen LogP contribution is 2.30. The summed E-state index contributed by atoms with van der Waals surface area (Å²) in [4.78, 5) is 8.10. The summed E-state index contributed by atoms with van der Waals surface area (Å²) in [5.74, 6) is 0. The fourth-order valence-electron chi connectivity index (χ4n) is 2.26. The van der Waals surface area contributed by atoms with Crippen molar-refractivity contribution in [1.82, 2.24) is 9.88 Å². The Hall–Kier alpha value is -1.39. The van der Waals surface area contributed by atoms with Crippen molar-refractivity contribution in [1.29, 1.82) is 0 Å². The summed E-state index contributed by atoms with van der Waals surface area (Å²) >= 11 is 1.62. The molecule has 4 heteroatoms. The summed E-state index contributed by atoms with van der Waals surface area (Å²) in [5.41, 5.74) is 9.62. The molecular weight excluding hydrogens is 230 g/mol. The van der Waals surface area contributed by atoms with E-state index in [0.29, 0.717) is 5.13 Å². The van der Waals surface area contributed by atoms with Crippen LogP contribution in [-0.2, 0) is 19.6 Å². The van der Waals surface area contributed by atoms with Crippen LogP contribution < -0.4 is 5.73 Å². The normalized spacial score (nSPS) is 15.1. The minimum absolute atomic E-state index is 0.700. The van der Waals surface area contributed by atoms with E-state index in [2.05, 4.69) is 41.1 Å². The molecule has 1 aromatic heterocycles. The second-order valence-electron chi connectivity index (χ2n) is 4.49. The number of fused-ring (bicyclic) bond motifs is 1. The lowest BCUT2D eigenvalue weighted by Gasteiger charge is -2.16. The molecule has 0 saturated carbocycles. The van der Waals surface area contributed by atoms with Crippen LogP contribution in [0.15, 0.2) is 24.3 Å². The molecule has 0 atom stereocenters. The van der Waals surface area contributed by atoms with Gasteiger partial charge in [-0.3, -0.25) is 4.90 Å². The van der Waals surface area contributed by atoms with Gasteiger partial charge in [0.2, 0.25) is 0 Å². The highest BCUT2D eigenvalue weighted by molar-refractivity contribution is 7.15. The maximum Gasteiger partial charge on any atom is 0.180 e. The van der Waals surface area contributed by atoms with Crippen LogP contribution in [0.25, 0.3) is 0 Å². The maximum absolute atomic E-state index is 5.70. The molecule has 88 valence electrons. The zero-order valence-corrected chi connectivity index (χ0v) is 10.6. The fraction of sp³-hybridized carbons (Fsp3) is 0.308. The van der Waals surface area contributed by atoms with Crippen molar-refractivity contribution >= 4 is 16.5 Å². The summed E-state index contributed by atoms with van der Waals surface area (Å²) < 4.78 is 0. The third-order valence-electron chi connectivity index (χ3n) is 3.19. The molecule has 2 aromatic rings. The first-order valence-corrected chi connectivity index (χ1v) is 6.55. The van der Waals surface area contributed by atoms with Gasteiger partial charge in [-0.25, -0.2) is 4.98 Å². The van der Waals surface area contributed by atoms with Crippen molar-refractivity contribution in [3.8, 4) is 0 Å². The lowest BCUT2D eigenvalue weighted by atomic mass is 10.1. The van der Waals surface area contributed by atoms with Crippen LogP contribution >= 0.6 is 11.3 Å². The molecular formula is C13H15N3S. The predicted octanol–water partition coefficient (Wildman–Crippen LogP) is 2.55. The second-order valence-corrected chi connectivity index (χ2v) is 5.61. The van der Waals surface area contributed by atoms with E-state index < -0.39 is 0 Å². The van der Waals surface area contributed by atoms with Crippen LogP contribution in [0.4, 0.5) is 5.13 Å². The van der Waals surface area contributed by atoms with Crippen LogP contribution in [-0.4, -0.2) is 9.88 Å². The van der Waals surface area contributed by atoms with Crippen LogP contribution in [0.1, 0.15) is 21.7 Å². The molecule has 3 nitrogen and oxygen atoms in total. The SMILES string of the molecule is Cc1ccccc1CN1Cc2nc(N)sc2C1. The van der Waals surface area contributed by atoms with Gasteiger partial charge >= 0.3 is 0 Å². The zero-order valence-electron chi connectivity index (χ0n) is 9.81. The largest absolute Gasteiger partial charge is 0.375 e. The average molecular weight is 245 g/mol. The van der Waals surface area contributed by atoms with Crippen molar-refractivity contribution in [3.05, 3.63) is 46.0 Å². The molecule has 0 bridgehead atoms. The zero-order chi connectivity index (χ0) is 11.8. The van der Waals surface area contributed by atoms with Gasteiger partial charge in [0, 0.05) is 24.5 Å². The van der Waals surface area contributed by atoms with E-state index >= 15 is 0 Å². The van der Waals surface area contributed by atoms with E-state index in [0.717, 1.165) is 19.6 Å². The summed E-state index contributed by atoms with van der Waals surface area (Å²) in [6.07, 6.45) is 0. The number of hydrogen-bond acceptors (Lipinski definition) is 4. The molecule has 0 radical (unpaired) electrons. The molecule has 0 spiro atoms. The number of rotatable bonds is 2. The molecule has 0 saturated heterocycles. The van der Waals surface area contributed by atoms with Crippen LogP contribution in [0, 0.1) is 6.92 Å². The number of nitrogens with two attached hydrogens (primary N) is 1. The van der Waals surface area contributed by atoms with Crippen LogP contribution in [0.5, 0.6) is 0 Å². The Balaban J connectivity index is 1.74. The van der Waals surface area contributed by atoms with Gasteiger partial charge in [0.15, 0.2) is 5.13 Å². The lowest BCUT2D eigenvalue weighted by Crippen LogP contribution is -2.16. The molecule has 1 aliphatic heterocycles. The minimum atomic E-state index is 0.700. The minimum Gasteiger partial charge on any atom is -0.375 e. The summed E-state index contributed by atoms with van der Waals surface area (Å²) in [6, 6.07) is 8.55. The first kappa shape index (κ1) is 10.7. The molecule has 1 aliphatic rings. The van der Waals surface area contributed by atoms with Gasteiger partial charge in [0.05, 0.1) is 5.69 Å². The highest BCUT2D eigenvalue weighted by atomic mass is 32.1. The Bertz CT molecular complexity index is 524. The van der Waals surface area contributed by atoms with E-state index in [1.54, 1.807) is 11.3 Å². The van der Waals surface area contributed by atoms with E-state index in [1.807, 2.05) is 0 Å². The van der Waals surface area contributed by atoms with Gasteiger partial charge in [0.1, 0.15) is 0 Å². The predicted molar refractivity (Wildman–Crippen MR) is 70.7 cm³/mol. The molecule has 0 aliphatic carbocycles. The van der Waals surface area contributed by atoms with E-state index in [1.165, 1.54) is 21.7 Å². The smallest absolute Gasteiger partial charge is 0.180 e. The molecule has 3 rings (SSSR count). The van der Waals surface area contributed by atoms with Crippen LogP contribution in [0.3, 0.4) is 0 Å². The Kier molecular flexibility index (Phi) is 2.61. The summed E-state index contributed by atoms with van der Waals surface area (Å²) in [7, 11) is 0. The van der Waals surface area contributed by atoms with Crippen molar-refractivity contribution in [3.63, 3.8) is 0 Å². The van der Waals surface area contributed by atoms with Crippen LogP contribution in [0.2, 0.25) is 0 Å². The van der Waals surface area contributed by atoms with Gasteiger partial charge < -0.3 is 5.73 Å². The van der Waals surface area contributed by atoms with E-state index in [-0.39, 0.29) is 0 Å². The number of aromatic nitrogens is 1. The van der Waals surface area contributed by atoms with Gasteiger partial charge in [-0.1, -0.05) is 24.3 Å². The molecule has 2 N–H and O–H groups in total. The maximum atomic E-state index is 5.70. The van der Waals surface area contributed by atoms with E-state index in [4.69, 9.17) is 5.73 Å². The quantitative estimate of drug-likeness (QED) is 0.884. The van der Waals surface area contributed by atoms with E-state index in [9.17, 15) is 0 Å². The Morgan fingerprint density at radius 2 is 2.18 bits per heavy atom. The second kappa shape index (κ2) is 4.13. The topological polar surface area (TPSA) is 42.2 Å². The van der Waals surface area contributed by atoms with Crippen molar-refractivity contribution in [2.24, 2.45) is 0 Å². The third kappa shape index (κ3) is 2.06. The fourth-order valence-corrected chi connectivity index (χ4v) is 3.14. The first-order chi connectivity index (χ1) is 8.22. The number of thiazole rings is 1. The summed E-state index contributed by atoms with van der Waals surface area (Å²) in [6.45, 7) is 5.07.